The van der Waals surface area contributed by atoms with Crippen LogP contribution in [-0.2, 0) is 0 Å². The van der Waals surface area contributed by atoms with Crippen molar-refractivity contribution in [2.75, 3.05) is 13.1 Å². The van der Waals surface area contributed by atoms with Crippen LogP contribution in [0.2, 0.25) is 10.0 Å². The Labute approximate surface area is 202 Å². The summed E-state index contributed by atoms with van der Waals surface area (Å²) in [7, 11) is 0. The highest BCUT2D eigenvalue weighted by atomic mass is 35.5. The molecule has 0 fully saturated rings. The monoisotopic (exact) mass is 476 g/mol. The molecule has 0 heterocycles. The Bertz CT molecular complexity index is 757. The minimum atomic E-state index is 0.173. The summed E-state index contributed by atoms with van der Waals surface area (Å²) in [6.07, 6.45) is 15.5. The molecule has 0 bridgehead atoms. The van der Waals surface area contributed by atoms with Gasteiger partial charge in [0.1, 0.15) is 11.5 Å². The van der Waals surface area contributed by atoms with E-state index in [0.29, 0.717) is 21.2 Å². The van der Waals surface area contributed by atoms with Gasteiger partial charge in [0.25, 0.3) is 0 Å². The smallest absolute Gasteiger partial charge is 0.125 e. The van der Waals surface area contributed by atoms with Gasteiger partial charge in [-0.05, 0) is 37.1 Å². The first kappa shape index (κ1) is 26.2. The average molecular weight is 477 g/mol. The van der Waals surface area contributed by atoms with E-state index in [-0.39, 0.29) is 11.5 Å². The van der Waals surface area contributed by atoms with Crippen LogP contribution in [0, 0.1) is 0 Å². The Morgan fingerprint density at radius 2 is 0.906 bits per heavy atom. The Hall–Kier alpha value is -2.04. The zero-order valence-corrected chi connectivity index (χ0v) is 20.2. The fourth-order valence-electron chi connectivity index (χ4n) is 3.44. The third-order valence-electron chi connectivity index (χ3n) is 5.33. The Balaban J connectivity index is 1.40. The molecule has 174 valence electrons. The van der Waals surface area contributed by atoms with E-state index in [1.54, 1.807) is 48.8 Å². The number of rotatable bonds is 15. The molecule has 0 aliphatic carbocycles. The number of phenolic OH excluding ortho intramolecular Hbond substituents is 2. The topological polar surface area (TPSA) is 65.2 Å². The van der Waals surface area contributed by atoms with Crippen molar-refractivity contribution in [3.05, 3.63) is 57.6 Å². The zero-order chi connectivity index (χ0) is 23.0. The molecule has 2 aromatic rings. The van der Waals surface area contributed by atoms with E-state index in [9.17, 15) is 10.2 Å². The number of unbranched alkanes of at least 4 members (excludes halogenated alkanes) is 9. The summed E-state index contributed by atoms with van der Waals surface area (Å²) >= 11 is 12.1. The van der Waals surface area contributed by atoms with E-state index in [4.69, 9.17) is 23.2 Å². The molecule has 0 aliphatic heterocycles. The normalized spacial score (nSPS) is 11.7. The summed E-state index contributed by atoms with van der Waals surface area (Å²) in [5.41, 5.74) is 1.20. The predicted molar refractivity (Wildman–Crippen MR) is 137 cm³/mol. The number of aromatic hydroxyl groups is 2. The second-order valence-corrected chi connectivity index (χ2v) is 8.77. The van der Waals surface area contributed by atoms with Crippen molar-refractivity contribution in [1.29, 1.82) is 0 Å². The zero-order valence-electron chi connectivity index (χ0n) is 18.6. The molecule has 6 heteroatoms. The molecule has 4 nitrogen and oxygen atoms in total. The maximum atomic E-state index is 9.77. The van der Waals surface area contributed by atoms with Crippen molar-refractivity contribution < 1.29 is 10.2 Å². The molecule has 0 aromatic heterocycles. The standard InChI is InChI=1S/C26H34Cl2N2O2/c27-23-13-11-15-25(31)21(23)19-29-17-9-7-5-3-1-2-4-6-8-10-18-30-20-22-24(28)14-12-16-26(22)32/h11-16,19-20,31-32H,1-10,17-18H2. The fourth-order valence-corrected chi connectivity index (χ4v) is 3.88. The van der Waals surface area contributed by atoms with Gasteiger partial charge in [-0.2, -0.15) is 0 Å². The number of halogens is 2. The highest BCUT2D eigenvalue weighted by molar-refractivity contribution is 6.33. The molecule has 2 aromatic carbocycles. The Morgan fingerprint density at radius 1 is 0.562 bits per heavy atom. The quantitative estimate of drug-likeness (QED) is 0.203. The molecule has 2 rings (SSSR count). The molecular formula is C26H34Cl2N2O2. The largest absolute Gasteiger partial charge is 0.507 e. The molecule has 0 unspecified atom stereocenters. The SMILES string of the molecule is Oc1cccc(Cl)c1C=NCCCCCCCCCCCCN=Cc1c(O)cccc1Cl. The van der Waals surface area contributed by atoms with Gasteiger partial charge in [0.2, 0.25) is 0 Å². The molecular weight excluding hydrogens is 443 g/mol. The van der Waals surface area contributed by atoms with Gasteiger partial charge >= 0.3 is 0 Å². The minimum absolute atomic E-state index is 0.173. The van der Waals surface area contributed by atoms with Gasteiger partial charge in [0.05, 0.1) is 21.2 Å². The van der Waals surface area contributed by atoms with Gasteiger partial charge in [-0.3, -0.25) is 9.98 Å². The number of benzene rings is 2. The van der Waals surface area contributed by atoms with Crippen LogP contribution < -0.4 is 0 Å². The van der Waals surface area contributed by atoms with Crippen LogP contribution in [-0.4, -0.2) is 35.7 Å². The van der Waals surface area contributed by atoms with Crippen LogP contribution in [0.15, 0.2) is 46.4 Å². The van der Waals surface area contributed by atoms with E-state index in [2.05, 4.69) is 9.98 Å². The summed E-state index contributed by atoms with van der Waals surface area (Å²) in [5, 5.41) is 20.6. The van der Waals surface area contributed by atoms with Gasteiger partial charge < -0.3 is 10.2 Å². The molecule has 32 heavy (non-hydrogen) atoms. The Morgan fingerprint density at radius 3 is 1.25 bits per heavy atom. The van der Waals surface area contributed by atoms with Gasteiger partial charge in [0, 0.05) is 25.5 Å². The highest BCUT2D eigenvalue weighted by Gasteiger charge is 2.03. The van der Waals surface area contributed by atoms with Crippen molar-refractivity contribution in [1.82, 2.24) is 0 Å². The first-order chi connectivity index (χ1) is 15.6. The number of phenols is 2. The number of hydrogen-bond acceptors (Lipinski definition) is 4. The third kappa shape index (κ3) is 10.1. The average Bonchev–Trinajstić information content (AvgIpc) is 2.77. The first-order valence-electron chi connectivity index (χ1n) is 11.5. The van der Waals surface area contributed by atoms with Crippen molar-refractivity contribution in [2.24, 2.45) is 9.98 Å². The lowest BCUT2D eigenvalue weighted by Gasteiger charge is -2.03. The minimum Gasteiger partial charge on any atom is -0.507 e. The van der Waals surface area contributed by atoms with Crippen molar-refractivity contribution >= 4 is 35.6 Å². The highest BCUT2D eigenvalue weighted by Crippen LogP contribution is 2.24. The van der Waals surface area contributed by atoms with Gasteiger partial charge in [-0.1, -0.05) is 86.7 Å². The van der Waals surface area contributed by atoms with Crippen LogP contribution in [0.1, 0.15) is 75.3 Å². The Kier molecular flexibility index (Phi) is 12.9. The van der Waals surface area contributed by atoms with Crippen molar-refractivity contribution in [2.45, 2.75) is 64.2 Å². The summed E-state index contributed by atoms with van der Waals surface area (Å²) in [6, 6.07) is 10.2. The molecule has 2 N–H and O–H groups in total. The summed E-state index contributed by atoms with van der Waals surface area (Å²) in [5.74, 6) is 0.345. The lowest BCUT2D eigenvalue weighted by molar-refractivity contribution is 0.474. The number of nitrogens with zero attached hydrogens (tertiary/aromatic N) is 2. The van der Waals surface area contributed by atoms with E-state index in [1.807, 2.05) is 0 Å². The maximum Gasteiger partial charge on any atom is 0.125 e. The van der Waals surface area contributed by atoms with E-state index in [1.165, 1.54) is 51.4 Å². The molecule has 0 saturated carbocycles. The molecule has 0 radical (unpaired) electrons. The third-order valence-corrected chi connectivity index (χ3v) is 5.98. The van der Waals surface area contributed by atoms with Crippen molar-refractivity contribution in [3.8, 4) is 11.5 Å². The first-order valence-corrected chi connectivity index (χ1v) is 12.3. The molecule has 0 amide bonds. The van der Waals surface area contributed by atoms with E-state index < -0.39 is 0 Å². The van der Waals surface area contributed by atoms with Crippen molar-refractivity contribution in [3.63, 3.8) is 0 Å². The van der Waals surface area contributed by atoms with Gasteiger partial charge in [-0.15, -0.1) is 0 Å². The van der Waals surface area contributed by atoms with Crippen LogP contribution in [0.4, 0.5) is 0 Å². The molecule has 0 atom stereocenters. The molecule has 0 aliphatic rings. The second kappa shape index (κ2) is 15.7. The molecule has 0 saturated heterocycles. The summed E-state index contributed by atoms with van der Waals surface area (Å²) < 4.78 is 0. The van der Waals surface area contributed by atoms with Gasteiger partial charge in [0.15, 0.2) is 0 Å². The second-order valence-electron chi connectivity index (χ2n) is 7.95. The summed E-state index contributed by atoms with van der Waals surface area (Å²) in [6.45, 7) is 1.53. The van der Waals surface area contributed by atoms with Crippen LogP contribution >= 0.6 is 23.2 Å². The predicted octanol–water partition coefficient (Wildman–Crippen LogP) is 7.84. The van der Waals surface area contributed by atoms with E-state index in [0.717, 1.165) is 25.9 Å². The number of aliphatic imine (C=N–C) groups is 2. The fraction of sp³-hybridized carbons (Fsp3) is 0.462. The van der Waals surface area contributed by atoms with Crippen LogP contribution in [0.5, 0.6) is 11.5 Å². The maximum absolute atomic E-state index is 9.77. The lowest BCUT2D eigenvalue weighted by Crippen LogP contribution is -1.89. The number of hydrogen-bond donors (Lipinski definition) is 2. The van der Waals surface area contributed by atoms with Gasteiger partial charge in [-0.25, -0.2) is 0 Å². The van der Waals surface area contributed by atoms with Crippen LogP contribution in [0.3, 0.4) is 0 Å². The summed E-state index contributed by atoms with van der Waals surface area (Å²) in [4.78, 5) is 8.76. The lowest BCUT2D eigenvalue weighted by atomic mass is 10.1. The molecule has 0 spiro atoms. The van der Waals surface area contributed by atoms with Crippen LogP contribution in [0.25, 0.3) is 0 Å². The van der Waals surface area contributed by atoms with E-state index >= 15 is 0 Å².